The van der Waals surface area contributed by atoms with Gasteiger partial charge in [0.1, 0.15) is 91.6 Å². The van der Waals surface area contributed by atoms with E-state index in [0.29, 0.717) is 38.5 Å². The Morgan fingerprint density at radius 2 is 1.09 bits per heavy atom. The molecule has 0 amide bonds. The van der Waals surface area contributed by atoms with E-state index >= 15 is 0 Å². The van der Waals surface area contributed by atoms with Crippen molar-refractivity contribution in [2.45, 2.75) is 241 Å². The molecule has 4 saturated heterocycles. The molecule has 0 aromatic rings. The molecular formula is C52H88O22. The summed E-state index contributed by atoms with van der Waals surface area (Å²) in [5.41, 5.74) is -1.07. The van der Waals surface area contributed by atoms with Gasteiger partial charge in [-0.3, -0.25) is 0 Å². The Kier molecular flexibility index (Phi) is 18.2. The molecule has 8 rings (SSSR count). The van der Waals surface area contributed by atoms with Crippen LogP contribution in [-0.2, 0) is 37.9 Å². The van der Waals surface area contributed by atoms with E-state index in [4.69, 9.17) is 37.9 Å². The molecule has 4 aliphatic carbocycles. The van der Waals surface area contributed by atoms with E-state index in [0.717, 1.165) is 24.8 Å². The lowest BCUT2D eigenvalue weighted by Crippen LogP contribution is -2.66. The van der Waals surface area contributed by atoms with Gasteiger partial charge < -0.3 is 109 Å². The van der Waals surface area contributed by atoms with Crippen molar-refractivity contribution in [3.8, 4) is 0 Å². The van der Waals surface area contributed by atoms with E-state index in [1.807, 2.05) is 20.8 Å². The number of rotatable bonds is 16. The SMILES string of the molecule is CC(C)=CCCC(C)(OC1OC(COC2OC(CO)C(O)C2O)C(O)C(O)C1O)C1CCC2(C)C3CCC4C(C)(C)C(OC5OC(CO)C(O)C(O)C5OC5OC(CO)C(O)C(O)C5O)CCC4(C)C3CC(O)C12. The van der Waals surface area contributed by atoms with Crippen LogP contribution < -0.4 is 0 Å². The van der Waals surface area contributed by atoms with Gasteiger partial charge in [0.15, 0.2) is 25.2 Å². The number of aliphatic hydroxyl groups is 14. The average molecular weight is 1070 g/mol. The van der Waals surface area contributed by atoms with Crippen molar-refractivity contribution in [2.75, 3.05) is 26.4 Å². The Hall–Kier alpha value is -1.14. The van der Waals surface area contributed by atoms with Crippen molar-refractivity contribution < 1.29 is 109 Å². The summed E-state index contributed by atoms with van der Waals surface area (Å²) < 4.78 is 48.7. The number of hydrogen-bond acceptors (Lipinski definition) is 22. The number of hydrogen-bond donors (Lipinski definition) is 14. The molecule has 22 nitrogen and oxygen atoms in total. The molecule has 74 heavy (non-hydrogen) atoms. The lowest BCUT2D eigenvalue weighted by molar-refractivity contribution is -0.378. The monoisotopic (exact) mass is 1060 g/mol. The van der Waals surface area contributed by atoms with Crippen LogP contribution in [0.15, 0.2) is 11.6 Å². The molecule has 0 aromatic heterocycles. The van der Waals surface area contributed by atoms with Gasteiger partial charge in [-0.05, 0) is 124 Å². The van der Waals surface area contributed by atoms with E-state index in [2.05, 4.69) is 33.8 Å². The molecule has 428 valence electrons. The quantitative estimate of drug-likeness (QED) is 0.0590. The van der Waals surface area contributed by atoms with Crippen molar-refractivity contribution in [3.05, 3.63) is 11.6 Å². The Morgan fingerprint density at radius 3 is 1.72 bits per heavy atom. The molecule has 14 N–H and O–H groups in total. The topological polar surface area (TPSA) is 357 Å². The Morgan fingerprint density at radius 1 is 0.568 bits per heavy atom. The van der Waals surface area contributed by atoms with Gasteiger partial charge in [0, 0.05) is 0 Å². The van der Waals surface area contributed by atoms with E-state index in [9.17, 15) is 71.5 Å². The third-order valence-corrected chi connectivity index (χ3v) is 19.7. The van der Waals surface area contributed by atoms with Gasteiger partial charge >= 0.3 is 0 Å². The van der Waals surface area contributed by atoms with Gasteiger partial charge in [-0.1, -0.05) is 39.3 Å². The van der Waals surface area contributed by atoms with Crippen LogP contribution in [0.4, 0.5) is 0 Å². The summed E-state index contributed by atoms with van der Waals surface area (Å²) in [5.74, 6) is -0.0532. The lowest BCUT2D eigenvalue weighted by Gasteiger charge is -2.66. The molecule has 0 aromatic carbocycles. The average Bonchev–Trinajstić information content (AvgIpc) is 3.87. The Bertz CT molecular complexity index is 1890. The fourth-order valence-corrected chi connectivity index (χ4v) is 15.6. The highest BCUT2D eigenvalue weighted by Gasteiger charge is 2.68. The molecule has 4 saturated carbocycles. The number of ether oxygens (including phenoxy) is 8. The number of fused-ring (bicyclic) bond motifs is 5. The summed E-state index contributed by atoms with van der Waals surface area (Å²) in [4.78, 5) is 0. The molecule has 8 aliphatic rings. The zero-order chi connectivity index (χ0) is 54.1. The first-order chi connectivity index (χ1) is 34.8. The molecule has 22 heteroatoms. The largest absolute Gasteiger partial charge is 0.394 e. The molecular weight excluding hydrogens is 977 g/mol. The third kappa shape index (κ3) is 10.6. The summed E-state index contributed by atoms with van der Waals surface area (Å²) in [5, 5.41) is 151. The van der Waals surface area contributed by atoms with Crippen LogP contribution in [-0.4, -0.2) is 232 Å². The molecule has 8 fully saturated rings. The second kappa shape index (κ2) is 22.8. The van der Waals surface area contributed by atoms with Crippen molar-refractivity contribution in [3.63, 3.8) is 0 Å². The van der Waals surface area contributed by atoms with E-state index in [1.165, 1.54) is 0 Å². The maximum Gasteiger partial charge on any atom is 0.187 e. The van der Waals surface area contributed by atoms with Crippen molar-refractivity contribution in [2.24, 2.45) is 45.8 Å². The first kappa shape index (κ1) is 59.0. The normalized spacial score (nSPS) is 52.1. The standard InChI is InChI=1S/C52H88O22/c1-22(2)9-8-14-52(7,74-47-43(66)39(62)37(60)30(71-47)21-67-45-41(64)36(59)29(20-55)68-45)24-12-15-51(6)23-10-11-31-49(3,4)32(13-16-50(31,5)25(23)17-26(56)33(24)51)72-48-44(40(63)35(58)28(19-54)70-48)73-46-42(65)38(61)34(57)27(18-53)69-46/h9,23-48,53-66H,8,10-21H2,1-7H3. The van der Waals surface area contributed by atoms with Crippen LogP contribution in [0.1, 0.15) is 106 Å². The highest BCUT2D eigenvalue weighted by atomic mass is 16.8. The van der Waals surface area contributed by atoms with Gasteiger partial charge in [0.2, 0.25) is 0 Å². The van der Waals surface area contributed by atoms with Gasteiger partial charge in [-0.15, -0.1) is 0 Å². The molecule has 29 unspecified atom stereocenters. The minimum atomic E-state index is -1.81. The van der Waals surface area contributed by atoms with Gasteiger partial charge in [-0.2, -0.15) is 0 Å². The summed E-state index contributed by atoms with van der Waals surface area (Å²) in [6.07, 6.45) is -21.9. The molecule has 0 radical (unpaired) electrons. The highest BCUT2D eigenvalue weighted by molar-refractivity contribution is 5.17. The summed E-state index contributed by atoms with van der Waals surface area (Å²) in [6.45, 7) is 12.5. The van der Waals surface area contributed by atoms with Crippen molar-refractivity contribution in [1.29, 1.82) is 0 Å². The first-order valence-corrected chi connectivity index (χ1v) is 26.9. The third-order valence-electron chi connectivity index (χ3n) is 19.7. The minimum Gasteiger partial charge on any atom is -0.394 e. The van der Waals surface area contributed by atoms with E-state index in [1.54, 1.807) is 0 Å². The lowest BCUT2D eigenvalue weighted by atomic mass is 9.39. The van der Waals surface area contributed by atoms with Crippen LogP contribution >= 0.6 is 0 Å². The minimum absolute atomic E-state index is 0.0723. The van der Waals surface area contributed by atoms with Crippen LogP contribution in [0, 0.1) is 45.8 Å². The van der Waals surface area contributed by atoms with Crippen LogP contribution in [0.25, 0.3) is 0 Å². The smallest absolute Gasteiger partial charge is 0.187 e. The second-order valence-corrected chi connectivity index (χ2v) is 24.6. The highest BCUT2D eigenvalue weighted by Crippen LogP contribution is 2.71. The molecule has 4 heterocycles. The molecule has 4 aliphatic heterocycles. The zero-order valence-electron chi connectivity index (χ0n) is 43.8. The summed E-state index contributed by atoms with van der Waals surface area (Å²) in [6, 6.07) is 0. The molecule has 0 spiro atoms. The predicted molar refractivity (Wildman–Crippen MR) is 256 cm³/mol. The van der Waals surface area contributed by atoms with Crippen LogP contribution in [0.2, 0.25) is 0 Å². The summed E-state index contributed by atoms with van der Waals surface area (Å²) >= 11 is 0. The Labute approximate surface area is 433 Å². The van der Waals surface area contributed by atoms with Crippen molar-refractivity contribution in [1.82, 2.24) is 0 Å². The van der Waals surface area contributed by atoms with Crippen molar-refractivity contribution >= 4 is 0 Å². The first-order valence-electron chi connectivity index (χ1n) is 26.9. The van der Waals surface area contributed by atoms with E-state index in [-0.39, 0.29) is 40.4 Å². The fourth-order valence-electron chi connectivity index (χ4n) is 15.6. The summed E-state index contributed by atoms with van der Waals surface area (Å²) in [7, 11) is 0. The van der Waals surface area contributed by atoms with E-state index < -0.39 is 166 Å². The number of aliphatic hydroxyl groups excluding tert-OH is 14. The van der Waals surface area contributed by atoms with Gasteiger partial charge in [0.25, 0.3) is 0 Å². The zero-order valence-corrected chi connectivity index (χ0v) is 43.8. The predicted octanol–water partition coefficient (Wildman–Crippen LogP) is -1.95. The maximum absolute atomic E-state index is 12.7. The maximum atomic E-state index is 12.7. The van der Waals surface area contributed by atoms with Crippen LogP contribution in [0.3, 0.4) is 0 Å². The fraction of sp³-hybridized carbons (Fsp3) is 0.962. The second-order valence-electron chi connectivity index (χ2n) is 24.6. The van der Waals surface area contributed by atoms with Gasteiger partial charge in [-0.25, -0.2) is 0 Å². The van der Waals surface area contributed by atoms with Gasteiger partial charge in [0.05, 0.1) is 44.2 Å². The number of allylic oxidation sites excluding steroid dienone is 2. The molecule has 29 atom stereocenters. The molecule has 0 bridgehead atoms. The Balaban J connectivity index is 0.993. The van der Waals surface area contributed by atoms with Crippen LogP contribution in [0.5, 0.6) is 0 Å².